The smallest absolute Gasteiger partial charge is 0.228 e. The predicted octanol–water partition coefficient (Wildman–Crippen LogP) is 6.28. The lowest BCUT2D eigenvalue weighted by molar-refractivity contribution is -0.133. The number of thiophene rings is 1. The van der Waals surface area contributed by atoms with Gasteiger partial charge in [0.25, 0.3) is 0 Å². The number of carbonyl (C=O) groups excluding carboxylic acids is 2. The van der Waals surface area contributed by atoms with E-state index in [2.05, 4.69) is 29.3 Å². The maximum Gasteiger partial charge on any atom is 0.228 e. The van der Waals surface area contributed by atoms with E-state index in [0.29, 0.717) is 13.0 Å². The fourth-order valence-electron chi connectivity index (χ4n) is 4.86. The molecule has 0 bridgehead atoms. The monoisotopic (exact) mass is 489 g/mol. The average molecular weight is 490 g/mol. The van der Waals surface area contributed by atoms with Gasteiger partial charge in [0, 0.05) is 42.8 Å². The first kappa shape index (κ1) is 25.0. The van der Waals surface area contributed by atoms with E-state index in [-0.39, 0.29) is 23.8 Å². The quantitative estimate of drug-likeness (QED) is 0.385. The molecule has 2 amide bonds. The van der Waals surface area contributed by atoms with Crippen molar-refractivity contribution in [1.82, 2.24) is 4.90 Å². The molecule has 6 heteroatoms. The molecule has 2 aromatic carbocycles. The van der Waals surface area contributed by atoms with Gasteiger partial charge in [-0.3, -0.25) is 9.59 Å². The highest BCUT2D eigenvalue weighted by Gasteiger charge is 2.25. The lowest BCUT2D eigenvalue weighted by atomic mass is 10.0. The van der Waals surface area contributed by atoms with Crippen LogP contribution in [0.1, 0.15) is 54.7 Å². The SMILES string of the molecule is CC(c1ccccc1)N(Cc1cc(NC(=O)C2CCCC2)ccc1N(C)C)C(=O)Cc1cccs1. The molecule has 1 aliphatic carbocycles. The van der Waals surface area contributed by atoms with Gasteiger partial charge in [0.05, 0.1) is 12.5 Å². The van der Waals surface area contributed by atoms with Crippen LogP contribution in [-0.2, 0) is 22.6 Å². The molecule has 1 heterocycles. The van der Waals surface area contributed by atoms with Gasteiger partial charge in [-0.1, -0.05) is 49.2 Å². The van der Waals surface area contributed by atoms with Crippen molar-refractivity contribution in [2.24, 2.45) is 5.92 Å². The third-order valence-electron chi connectivity index (χ3n) is 6.87. The Balaban J connectivity index is 1.63. The van der Waals surface area contributed by atoms with Gasteiger partial charge in [-0.25, -0.2) is 0 Å². The number of hydrogen-bond acceptors (Lipinski definition) is 4. The van der Waals surface area contributed by atoms with E-state index in [4.69, 9.17) is 0 Å². The summed E-state index contributed by atoms with van der Waals surface area (Å²) in [4.78, 5) is 31.4. The van der Waals surface area contributed by atoms with Crippen molar-refractivity contribution < 1.29 is 9.59 Å². The van der Waals surface area contributed by atoms with E-state index in [9.17, 15) is 9.59 Å². The highest BCUT2D eigenvalue weighted by Crippen LogP contribution is 2.31. The fourth-order valence-corrected chi connectivity index (χ4v) is 5.55. The molecule has 0 saturated heterocycles. The Morgan fingerprint density at radius 2 is 1.77 bits per heavy atom. The van der Waals surface area contributed by atoms with Gasteiger partial charge in [-0.15, -0.1) is 11.3 Å². The van der Waals surface area contributed by atoms with Gasteiger partial charge in [0.15, 0.2) is 0 Å². The van der Waals surface area contributed by atoms with Crippen LogP contribution in [0.25, 0.3) is 0 Å². The summed E-state index contributed by atoms with van der Waals surface area (Å²) in [5.41, 5.74) is 3.95. The van der Waals surface area contributed by atoms with Gasteiger partial charge >= 0.3 is 0 Å². The Hall–Kier alpha value is -3.12. The summed E-state index contributed by atoms with van der Waals surface area (Å²) in [7, 11) is 4.02. The second-order valence-electron chi connectivity index (χ2n) is 9.57. The number of nitrogens with one attached hydrogen (secondary N) is 1. The average Bonchev–Trinajstić information content (AvgIpc) is 3.57. The van der Waals surface area contributed by atoms with Crippen molar-refractivity contribution in [3.63, 3.8) is 0 Å². The minimum Gasteiger partial charge on any atom is -0.377 e. The number of nitrogens with zero attached hydrogens (tertiary/aromatic N) is 2. The second kappa shape index (κ2) is 11.5. The largest absolute Gasteiger partial charge is 0.377 e. The molecule has 1 saturated carbocycles. The first-order chi connectivity index (χ1) is 16.9. The number of anilines is 2. The molecular weight excluding hydrogens is 454 g/mol. The zero-order chi connectivity index (χ0) is 24.8. The molecule has 1 N–H and O–H groups in total. The maximum atomic E-state index is 13.6. The molecule has 0 radical (unpaired) electrons. The Morgan fingerprint density at radius 1 is 1.03 bits per heavy atom. The van der Waals surface area contributed by atoms with Crippen LogP contribution >= 0.6 is 11.3 Å². The van der Waals surface area contributed by atoms with E-state index in [1.54, 1.807) is 11.3 Å². The van der Waals surface area contributed by atoms with Crippen LogP contribution < -0.4 is 10.2 Å². The number of amides is 2. The molecule has 0 aliphatic heterocycles. The van der Waals surface area contributed by atoms with E-state index in [1.807, 2.05) is 72.9 Å². The summed E-state index contributed by atoms with van der Waals surface area (Å²) in [6.45, 7) is 2.55. The molecule has 5 nitrogen and oxygen atoms in total. The van der Waals surface area contributed by atoms with Crippen molar-refractivity contribution >= 4 is 34.5 Å². The summed E-state index contributed by atoms with van der Waals surface area (Å²) >= 11 is 1.61. The standard InChI is InChI=1S/C29H35N3O2S/c1-21(22-10-5-4-6-11-22)32(28(33)19-26-14-9-17-35-26)20-24-18-25(15-16-27(24)31(2)3)30-29(34)23-12-7-8-13-23/h4-6,9-11,14-18,21,23H,7-8,12-13,19-20H2,1-3H3,(H,30,34). The van der Waals surface area contributed by atoms with Crippen LogP contribution in [0.2, 0.25) is 0 Å². The summed E-state index contributed by atoms with van der Waals surface area (Å²) in [6, 6.07) is 20.1. The van der Waals surface area contributed by atoms with Crippen molar-refractivity contribution in [2.75, 3.05) is 24.3 Å². The van der Waals surface area contributed by atoms with Gasteiger partial charge in [0.2, 0.25) is 11.8 Å². The van der Waals surface area contributed by atoms with Crippen molar-refractivity contribution in [1.29, 1.82) is 0 Å². The summed E-state index contributed by atoms with van der Waals surface area (Å²) in [6.07, 6.45) is 4.57. The Labute approximate surface area is 212 Å². The predicted molar refractivity (Wildman–Crippen MR) is 145 cm³/mol. The third kappa shape index (κ3) is 6.31. The summed E-state index contributed by atoms with van der Waals surface area (Å²) in [5.74, 6) is 0.303. The minimum atomic E-state index is -0.0876. The van der Waals surface area contributed by atoms with Gasteiger partial charge in [0.1, 0.15) is 0 Å². The van der Waals surface area contributed by atoms with Crippen LogP contribution in [0.4, 0.5) is 11.4 Å². The fraction of sp³-hybridized carbons (Fsp3) is 0.379. The molecule has 184 valence electrons. The van der Waals surface area contributed by atoms with Crippen LogP contribution in [0.3, 0.4) is 0 Å². The lowest BCUT2D eigenvalue weighted by Crippen LogP contribution is -2.34. The number of hydrogen-bond donors (Lipinski definition) is 1. The molecule has 1 fully saturated rings. The topological polar surface area (TPSA) is 52.7 Å². The first-order valence-corrected chi connectivity index (χ1v) is 13.3. The molecular formula is C29H35N3O2S. The first-order valence-electron chi connectivity index (χ1n) is 12.4. The number of benzene rings is 2. The van der Waals surface area contributed by atoms with Crippen molar-refractivity contribution in [3.05, 3.63) is 82.0 Å². The molecule has 1 aliphatic rings. The van der Waals surface area contributed by atoms with Crippen LogP contribution in [0.15, 0.2) is 66.0 Å². The third-order valence-corrected chi connectivity index (χ3v) is 7.75. The van der Waals surface area contributed by atoms with Gasteiger partial charge in [-0.2, -0.15) is 0 Å². The van der Waals surface area contributed by atoms with Crippen molar-refractivity contribution in [2.45, 2.75) is 51.6 Å². The molecule has 35 heavy (non-hydrogen) atoms. The summed E-state index contributed by atoms with van der Waals surface area (Å²) < 4.78 is 0. The lowest BCUT2D eigenvalue weighted by Gasteiger charge is -2.31. The molecule has 4 rings (SSSR count). The van der Waals surface area contributed by atoms with E-state index in [1.165, 1.54) is 0 Å². The summed E-state index contributed by atoms with van der Waals surface area (Å²) in [5, 5.41) is 5.14. The van der Waals surface area contributed by atoms with E-state index < -0.39 is 0 Å². The number of rotatable bonds is 9. The Kier molecular flexibility index (Phi) is 8.24. The zero-order valence-electron chi connectivity index (χ0n) is 20.9. The van der Waals surface area contributed by atoms with Gasteiger partial charge in [-0.05, 0) is 60.5 Å². The highest BCUT2D eigenvalue weighted by atomic mass is 32.1. The van der Waals surface area contributed by atoms with Crippen LogP contribution in [0.5, 0.6) is 0 Å². The highest BCUT2D eigenvalue weighted by molar-refractivity contribution is 7.10. The molecule has 3 aromatic rings. The maximum absolute atomic E-state index is 13.6. The van der Waals surface area contributed by atoms with E-state index >= 15 is 0 Å². The van der Waals surface area contributed by atoms with E-state index in [0.717, 1.165) is 53.1 Å². The molecule has 1 aromatic heterocycles. The normalized spacial score (nSPS) is 14.5. The van der Waals surface area contributed by atoms with Gasteiger partial charge < -0.3 is 15.1 Å². The van der Waals surface area contributed by atoms with Crippen molar-refractivity contribution in [3.8, 4) is 0 Å². The molecule has 1 atom stereocenters. The van der Waals surface area contributed by atoms with Crippen LogP contribution in [0, 0.1) is 5.92 Å². The van der Waals surface area contributed by atoms with Crippen LogP contribution in [-0.4, -0.2) is 30.8 Å². The molecule has 1 unspecified atom stereocenters. The Bertz CT molecular complexity index is 1120. The Morgan fingerprint density at radius 3 is 2.43 bits per heavy atom. The minimum absolute atomic E-state index is 0.0876. The zero-order valence-corrected chi connectivity index (χ0v) is 21.7. The number of carbonyl (C=O) groups is 2. The second-order valence-corrected chi connectivity index (χ2v) is 10.6. The molecule has 0 spiro atoms.